The molecular formula is C24H28N2O4. The van der Waals surface area contributed by atoms with Gasteiger partial charge in [0.05, 0.1) is 5.69 Å². The number of aliphatic carboxylic acids is 1. The molecule has 0 radical (unpaired) electrons. The highest BCUT2D eigenvalue weighted by Crippen LogP contribution is 2.29. The van der Waals surface area contributed by atoms with E-state index in [1.54, 1.807) is 13.8 Å². The van der Waals surface area contributed by atoms with Gasteiger partial charge in [0.2, 0.25) is 5.89 Å². The predicted octanol–water partition coefficient (Wildman–Crippen LogP) is 4.80. The molecule has 1 heterocycles. The van der Waals surface area contributed by atoms with Crippen molar-refractivity contribution < 1.29 is 19.1 Å². The van der Waals surface area contributed by atoms with E-state index < -0.39 is 11.6 Å². The topological polar surface area (TPSA) is 84.6 Å². The van der Waals surface area contributed by atoms with Gasteiger partial charge in [-0.1, -0.05) is 30.3 Å². The third kappa shape index (κ3) is 4.89. The Kier molecular flexibility index (Phi) is 6.27. The van der Waals surface area contributed by atoms with Crippen LogP contribution in [0.1, 0.15) is 42.0 Å². The van der Waals surface area contributed by atoms with Crippen molar-refractivity contribution in [3.63, 3.8) is 0 Å². The lowest BCUT2D eigenvalue weighted by Gasteiger charge is -2.24. The van der Waals surface area contributed by atoms with Gasteiger partial charge in [-0.2, -0.15) is 0 Å². The minimum atomic E-state index is -1.28. The van der Waals surface area contributed by atoms with Gasteiger partial charge in [0.25, 0.3) is 0 Å². The maximum absolute atomic E-state index is 11.4. The molecule has 3 rings (SSSR count). The number of nitrogens with one attached hydrogen (secondary N) is 1. The second-order valence-corrected chi connectivity index (χ2v) is 7.97. The summed E-state index contributed by atoms with van der Waals surface area (Å²) in [4.78, 5) is 16.0. The monoisotopic (exact) mass is 408 g/mol. The summed E-state index contributed by atoms with van der Waals surface area (Å²) in [6.07, 6.45) is 0. The van der Waals surface area contributed by atoms with Gasteiger partial charge in [0.1, 0.15) is 11.5 Å². The van der Waals surface area contributed by atoms with Crippen molar-refractivity contribution in [2.75, 3.05) is 0 Å². The Bertz CT molecular complexity index is 1020. The van der Waals surface area contributed by atoms with Crippen LogP contribution in [0.25, 0.3) is 11.5 Å². The summed E-state index contributed by atoms with van der Waals surface area (Å²) in [5, 5.41) is 12.7. The number of hydrogen-bond acceptors (Lipinski definition) is 5. The number of oxazole rings is 1. The van der Waals surface area contributed by atoms with Crippen LogP contribution in [-0.2, 0) is 17.9 Å². The van der Waals surface area contributed by atoms with E-state index >= 15 is 0 Å². The smallest absolute Gasteiger partial charge is 0.347 e. The zero-order valence-electron chi connectivity index (χ0n) is 18.1. The minimum absolute atomic E-state index is 0.588. The summed E-state index contributed by atoms with van der Waals surface area (Å²) in [6.45, 7) is 10.1. The molecule has 0 unspecified atom stereocenters. The summed E-state index contributed by atoms with van der Waals surface area (Å²) in [5.74, 6) is 1.04. The first-order valence-electron chi connectivity index (χ1n) is 9.92. The summed E-state index contributed by atoms with van der Waals surface area (Å²) in [7, 11) is 0. The first-order chi connectivity index (χ1) is 14.2. The molecule has 0 atom stereocenters. The lowest BCUT2D eigenvalue weighted by molar-refractivity contribution is -0.152. The van der Waals surface area contributed by atoms with E-state index in [2.05, 4.69) is 10.3 Å². The molecule has 2 aromatic carbocycles. The van der Waals surface area contributed by atoms with Gasteiger partial charge in [-0.15, -0.1) is 0 Å². The van der Waals surface area contributed by atoms with Gasteiger partial charge in [0, 0.05) is 18.7 Å². The van der Waals surface area contributed by atoms with E-state index in [0.717, 1.165) is 33.7 Å². The van der Waals surface area contributed by atoms with Gasteiger partial charge in [0.15, 0.2) is 5.60 Å². The van der Waals surface area contributed by atoms with Crippen LogP contribution in [-0.4, -0.2) is 21.7 Å². The van der Waals surface area contributed by atoms with E-state index in [1.807, 2.05) is 63.2 Å². The molecule has 0 saturated heterocycles. The van der Waals surface area contributed by atoms with Crippen molar-refractivity contribution >= 4 is 5.97 Å². The molecular weight excluding hydrogens is 380 g/mol. The Balaban J connectivity index is 1.66. The van der Waals surface area contributed by atoms with E-state index in [0.29, 0.717) is 24.7 Å². The fourth-order valence-electron chi connectivity index (χ4n) is 3.22. The number of rotatable bonds is 8. The normalized spacial score (nSPS) is 11.5. The third-order valence-electron chi connectivity index (χ3n) is 4.93. The van der Waals surface area contributed by atoms with E-state index in [9.17, 15) is 9.90 Å². The average molecular weight is 408 g/mol. The largest absolute Gasteiger partial charge is 0.478 e. The first kappa shape index (κ1) is 21.6. The van der Waals surface area contributed by atoms with Crippen LogP contribution in [0, 0.1) is 20.8 Å². The number of benzene rings is 2. The van der Waals surface area contributed by atoms with Gasteiger partial charge in [-0.25, -0.2) is 9.78 Å². The number of carbonyl (C=O) groups is 1. The molecule has 0 aliphatic carbocycles. The van der Waals surface area contributed by atoms with Crippen LogP contribution in [0.3, 0.4) is 0 Å². The van der Waals surface area contributed by atoms with Gasteiger partial charge in [-0.05, 0) is 63.4 Å². The molecule has 3 aromatic rings. The molecule has 158 valence electrons. The molecule has 6 nitrogen and oxygen atoms in total. The first-order valence-corrected chi connectivity index (χ1v) is 9.92. The van der Waals surface area contributed by atoms with Crippen LogP contribution in [0.2, 0.25) is 0 Å². The number of aryl methyl sites for hydroxylation is 3. The van der Waals surface area contributed by atoms with E-state index in [1.165, 1.54) is 0 Å². The molecule has 0 bridgehead atoms. The SMILES string of the molecule is Cc1cc(CNCc2nc(-c3ccccc3)oc2C)cc(C)c1OC(C)(C)C(=O)O. The van der Waals surface area contributed by atoms with Crippen molar-refractivity contribution in [1.29, 1.82) is 0 Å². The molecule has 0 aliphatic rings. The summed E-state index contributed by atoms with van der Waals surface area (Å²) >= 11 is 0. The quantitative estimate of drug-likeness (QED) is 0.557. The Hall–Kier alpha value is -3.12. The second kappa shape index (κ2) is 8.71. The third-order valence-corrected chi connectivity index (χ3v) is 4.93. The Labute approximate surface area is 176 Å². The summed E-state index contributed by atoms with van der Waals surface area (Å²) < 4.78 is 11.6. The second-order valence-electron chi connectivity index (χ2n) is 7.97. The molecule has 0 amide bonds. The van der Waals surface area contributed by atoms with Gasteiger partial charge >= 0.3 is 5.97 Å². The lowest BCUT2D eigenvalue weighted by atomic mass is 10.0. The van der Waals surface area contributed by atoms with Crippen molar-refractivity contribution in [1.82, 2.24) is 10.3 Å². The van der Waals surface area contributed by atoms with Crippen LogP contribution < -0.4 is 10.1 Å². The maximum Gasteiger partial charge on any atom is 0.347 e. The Morgan fingerprint density at radius 1 is 1.10 bits per heavy atom. The zero-order chi connectivity index (χ0) is 21.9. The van der Waals surface area contributed by atoms with Gasteiger partial charge in [-0.3, -0.25) is 0 Å². The summed E-state index contributed by atoms with van der Waals surface area (Å²) in [5.41, 5.74) is 3.46. The Morgan fingerprint density at radius 3 is 2.33 bits per heavy atom. The summed E-state index contributed by atoms with van der Waals surface area (Å²) in [6, 6.07) is 13.9. The van der Waals surface area contributed by atoms with Crippen LogP contribution in [0.5, 0.6) is 5.75 Å². The Morgan fingerprint density at radius 2 is 1.73 bits per heavy atom. The molecule has 0 aliphatic heterocycles. The van der Waals surface area contributed by atoms with Crippen molar-refractivity contribution in [2.24, 2.45) is 0 Å². The molecule has 1 aromatic heterocycles. The molecule has 0 fully saturated rings. The molecule has 2 N–H and O–H groups in total. The highest BCUT2D eigenvalue weighted by Gasteiger charge is 2.30. The number of aromatic nitrogens is 1. The van der Waals surface area contributed by atoms with Crippen LogP contribution in [0.15, 0.2) is 46.9 Å². The molecule has 30 heavy (non-hydrogen) atoms. The highest BCUT2D eigenvalue weighted by atomic mass is 16.5. The fraction of sp³-hybridized carbons (Fsp3) is 0.333. The number of nitrogens with zero attached hydrogens (tertiary/aromatic N) is 1. The van der Waals surface area contributed by atoms with Crippen molar-refractivity contribution in [3.8, 4) is 17.2 Å². The average Bonchev–Trinajstić information content (AvgIpc) is 3.06. The maximum atomic E-state index is 11.4. The number of carboxylic acids is 1. The molecule has 0 saturated carbocycles. The van der Waals surface area contributed by atoms with Crippen LogP contribution in [0.4, 0.5) is 0 Å². The lowest BCUT2D eigenvalue weighted by Crippen LogP contribution is -2.38. The molecule has 6 heteroatoms. The van der Waals surface area contributed by atoms with Crippen molar-refractivity contribution in [2.45, 2.75) is 53.3 Å². The highest BCUT2D eigenvalue weighted by molar-refractivity contribution is 5.77. The number of carboxylic acid groups (broad SMARTS) is 1. The zero-order valence-corrected chi connectivity index (χ0v) is 18.1. The standard InChI is InChI=1S/C24H28N2O4/c1-15-11-18(12-16(2)21(15)30-24(4,5)23(27)28)13-25-14-20-17(3)29-22(26-20)19-9-7-6-8-10-19/h6-12,25H,13-14H2,1-5H3,(H,27,28). The van der Waals surface area contributed by atoms with E-state index in [-0.39, 0.29) is 0 Å². The van der Waals surface area contributed by atoms with Crippen LogP contribution >= 0.6 is 0 Å². The van der Waals surface area contributed by atoms with Gasteiger partial charge < -0.3 is 19.6 Å². The molecule has 0 spiro atoms. The predicted molar refractivity (Wildman–Crippen MR) is 115 cm³/mol. The number of ether oxygens (including phenoxy) is 1. The fourth-order valence-corrected chi connectivity index (χ4v) is 3.22. The number of hydrogen-bond donors (Lipinski definition) is 2. The van der Waals surface area contributed by atoms with Crippen molar-refractivity contribution in [3.05, 3.63) is 70.6 Å². The van der Waals surface area contributed by atoms with E-state index in [4.69, 9.17) is 9.15 Å². The minimum Gasteiger partial charge on any atom is -0.478 e.